The Kier molecular flexibility index (Phi) is 6.00. The Morgan fingerprint density at radius 1 is 1.30 bits per heavy atom. The molecule has 0 amide bonds. The van der Waals surface area contributed by atoms with Gasteiger partial charge in [0.25, 0.3) is 0 Å². The first kappa shape index (κ1) is 22.7. The van der Waals surface area contributed by atoms with Gasteiger partial charge in [0.1, 0.15) is 11.7 Å². The third-order valence-corrected chi connectivity index (χ3v) is 6.68. The molecule has 0 spiro atoms. The molecule has 0 saturated carbocycles. The maximum atomic E-state index is 12.9. The number of hydrogen-bond acceptors (Lipinski definition) is 5. The molecule has 0 fully saturated rings. The van der Waals surface area contributed by atoms with Gasteiger partial charge in [-0.3, -0.25) is 4.79 Å². The Morgan fingerprint density at radius 2 is 1.97 bits per heavy atom. The van der Waals surface area contributed by atoms with Crippen molar-refractivity contribution in [3.8, 4) is 0 Å². The minimum atomic E-state index is -1.58. The number of fused-ring (bicyclic) bond motifs is 3. The van der Waals surface area contributed by atoms with Gasteiger partial charge in [-0.2, -0.15) is 0 Å². The van der Waals surface area contributed by atoms with Gasteiger partial charge in [-0.25, -0.2) is 4.79 Å². The van der Waals surface area contributed by atoms with Crippen LogP contribution in [0.15, 0.2) is 47.1 Å². The number of esters is 1. The van der Waals surface area contributed by atoms with E-state index in [-0.39, 0.29) is 29.5 Å². The monoisotopic (exact) mass is 414 g/mol. The molecule has 30 heavy (non-hydrogen) atoms. The lowest BCUT2D eigenvalue weighted by Gasteiger charge is -2.40. The summed E-state index contributed by atoms with van der Waals surface area (Å²) in [7, 11) is 0. The summed E-state index contributed by atoms with van der Waals surface area (Å²) in [4.78, 5) is 25.4. The van der Waals surface area contributed by atoms with E-state index in [4.69, 9.17) is 9.47 Å². The molecule has 6 atom stereocenters. The zero-order valence-corrected chi connectivity index (χ0v) is 19.1. The van der Waals surface area contributed by atoms with E-state index in [1.54, 1.807) is 18.2 Å². The summed E-state index contributed by atoms with van der Waals surface area (Å²) in [5.74, 6) is -2.04. The van der Waals surface area contributed by atoms with Crippen molar-refractivity contribution in [3.63, 3.8) is 0 Å². The fourth-order valence-corrected chi connectivity index (χ4v) is 5.02. The predicted octanol–water partition coefficient (Wildman–Crippen LogP) is 4.28. The summed E-state index contributed by atoms with van der Waals surface area (Å²) in [6, 6.07) is 0. The van der Waals surface area contributed by atoms with Gasteiger partial charge in [-0.1, -0.05) is 31.1 Å². The molecule has 3 aliphatic rings. The molecule has 2 bridgehead atoms. The van der Waals surface area contributed by atoms with Crippen LogP contribution < -0.4 is 0 Å². The van der Waals surface area contributed by atoms with Crippen LogP contribution in [0.1, 0.15) is 54.9 Å². The average Bonchev–Trinajstić information content (AvgIpc) is 2.93. The maximum Gasteiger partial charge on any atom is 0.331 e. The third-order valence-electron chi connectivity index (χ3n) is 6.68. The second-order valence-corrected chi connectivity index (χ2v) is 9.79. The smallest absolute Gasteiger partial charge is 0.331 e. The van der Waals surface area contributed by atoms with E-state index < -0.39 is 23.5 Å². The van der Waals surface area contributed by atoms with Crippen LogP contribution in [0.5, 0.6) is 0 Å². The van der Waals surface area contributed by atoms with Crippen molar-refractivity contribution in [2.24, 2.45) is 23.7 Å². The molecule has 1 N–H and O–H groups in total. The highest BCUT2D eigenvalue weighted by Crippen LogP contribution is 2.47. The van der Waals surface area contributed by atoms with Crippen LogP contribution in [0, 0.1) is 23.7 Å². The number of rotatable bonds is 3. The fourth-order valence-electron chi connectivity index (χ4n) is 5.02. The van der Waals surface area contributed by atoms with E-state index in [2.05, 4.69) is 13.8 Å². The Hall–Kier alpha value is -1.98. The standard InChI is InChI=1S/C25H34O5/c1-14(2)10-22(27)29-21-13-18-16(5)11-20(26)23(15(3)4)19(18)12-17(6)25(28)9-8-24(21,7)30-25/h8-12,15,18-19,21,23,28H,13H2,1-7H3/b17-12-/t18-,19-,21-,23+,24-,25+/m0/s1. The predicted molar refractivity (Wildman–Crippen MR) is 115 cm³/mol. The molecule has 0 radical (unpaired) electrons. The topological polar surface area (TPSA) is 72.8 Å². The molecule has 2 heterocycles. The summed E-state index contributed by atoms with van der Waals surface area (Å²) in [5.41, 5.74) is 1.51. The lowest BCUT2D eigenvalue weighted by molar-refractivity contribution is -0.214. The first-order valence-electron chi connectivity index (χ1n) is 10.8. The lowest BCUT2D eigenvalue weighted by atomic mass is 9.65. The summed E-state index contributed by atoms with van der Waals surface area (Å²) in [6.07, 6.45) is 8.52. The molecular weight excluding hydrogens is 380 g/mol. The number of carbonyl (C=O) groups is 2. The van der Waals surface area contributed by atoms with E-state index in [9.17, 15) is 14.7 Å². The Morgan fingerprint density at radius 3 is 2.57 bits per heavy atom. The normalized spacial score (nSPS) is 39.8. The molecule has 164 valence electrons. The van der Waals surface area contributed by atoms with Crippen LogP contribution in [0.4, 0.5) is 0 Å². The molecule has 0 aromatic heterocycles. The van der Waals surface area contributed by atoms with Crippen molar-refractivity contribution in [2.45, 2.75) is 72.4 Å². The molecular formula is C25H34O5. The van der Waals surface area contributed by atoms with E-state index in [0.29, 0.717) is 12.0 Å². The quantitative estimate of drug-likeness (QED) is 0.424. The number of hydrogen-bond donors (Lipinski definition) is 1. The van der Waals surface area contributed by atoms with Crippen molar-refractivity contribution in [3.05, 3.63) is 47.1 Å². The van der Waals surface area contributed by atoms with Crippen molar-refractivity contribution in [2.75, 3.05) is 0 Å². The minimum absolute atomic E-state index is 0.00586. The lowest BCUT2D eigenvalue weighted by Crippen LogP contribution is -2.47. The number of ketones is 1. The first-order chi connectivity index (χ1) is 13.9. The summed E-state index contributed by atoms with van der Waals surface area (Å²) in [5, 5.41) is 11.2. The second kappa shape index (κ2) is 7.93. The molecule has 2 aliphatic heterocycles. The van der Waals surface area contributed by atoms with Crippen LogP contribution in [-0.2, 0) is 19.1 Å². The Balaban J connectivity index is 2.11. The average molecular weight is 415 g/mol. The number of allylic oxidation sites excluding steroid dienone is 4. The van der Waals surface area contributed by atoms with Crippen molar-refractivity contribution < 1.29 is 24.2 Å². The van der Waals surface area contributed by atoms with E-state index in [0.717, 1.165) is 11.1 Å². The molecule has 3 rings (SSSR count). The Bertz CT molecular complexity index is 857. The second-order valence-electron chi connectivity index (χ2n) is 9.79. The number of carbonyl (C=O) groups excluding carboxylic acids is 2. The summed E-state index contributed by atoms with van der Waals surface area (Å²) >= 11 is 0. The maximum absolute atomic E-state index is 12.9. The minimum Gasteiger partial charge on any atom is -0.456 e. The summed E-state index contributed by atoms with van der Waals surface area (Å²) in [6.45, 7) is 13.4. The molecule has 0 unspecified atom stereocenters. The molecule has 5 heteroatoms. The van der Waals surface area contributed by atoms with E-state index >= 15 is 0 Å². The largest absolute Gasteiger partial charge is 0.456 e. The Labute approximate surface area is 179 Å². The van der Waals surface area contributed by atoms with Gasteiger partial charge in [0.15, 0.2) is 5.78 Å². The van der Waals surface area contributed by atoms with Gasteiger partial charge >= 0.3 is 5.97 Å². The highest BCUT2D eigenvalue weighted by atomic mass is 16.7. The van der Waals surface area contributed by atoms with Crippen LogP contribution in [0.25, 0.3) is 0 Å². The zero-order chi connectivity index (χ0) is 22.4. The zero-order valence-electron chi connectivity index (χ0n) is 19.1. The van der Waals surface area contributed by atoms with Gasteiger partial charge in [-0.05, 0) is 82.6 Å². The molecule has 0 saturated heterocycles. The molecule has 5 nitrogen and oxygen atoms in total. The molecule has 0 aromatic carbocycles. The molecule has 0 aromatic rings. The highest BCUT2D eigenvalue weighted by Gasteiger charge is 2.52. The van der Waals surface area contributed by atoms with Crippen molar-refractivity contribution in [1.29, 1.82) is 0 Å². The number of aliphatic hydroxyl groups is 1. The van der Waals surface area contributed by atoms with Crippen LogP contribution in [0.2, 0.25) is 0 Å². The van der Waals surface area contributed by atoms with Gasteiger partial charge in [0, 0.05) is 12.0 Å². The first-order valence-corrected chi connectivity index (χ1v) is 10.8. The van der Waals surface area contributed by atoms with Gasteiger partial charge in [0.05, 0.1) is 0 Å². The van der Waals surface area contributed by atoms with Gasteiger partial charge < -0.3 is 14.6 Å². The molecule has 1 aliphatic carbocycles. The van der Waals surface area contributed by atoms with Crippen LogP contribution in [0.3, 0.4) is 0 Å². The van der Waals surface area contributed by atoms with Crippen LogP contribution in [-0.4, -0.2) is 34.4 Å². The van der Waals surface area contributed by atoms with Crippen molar-refractivity contribution in [1.82, 2.24) is 0 Å². The van der Waals surface area contributed by atoms with E-state index in [1.165, 1.54) is 6.08 Å². The third kappa shape index (κ3) is 4.10. The van der Waals surface area contributed by atoms with Crippen molar-refractivity contribution >= 4 is 11.8 Å². The van der Waals surface area contributed by atoms with Gasteiger partial charge in [-0.15, -0.1) is 0 Å². The SMILES string of the molecule is CC(C)=CC(=O)O[C@H]1C[C@H]2C(C)=CC(=O)[C@H](C(C)C)[C@H]2/C=C(/C)[C@@]2(O)C=C[C@]1(C)O2. The van der Waals surface area contributed by atoms with Gasteiger partial charge in [0.2, 0.25) is 5.79 Å². The fraction of sp³-hybridized carbons (Fsp3) is 0.600. The highest BCUT2D eigenvalue weighted by molar-refractivity contribution is 5.94. The number of ether oxygens (including phenoxy) is 2. The summed E-state index contributed by atoms with van der Waals surface area (Å²) < 4.78 is 12.0. The van der Waals surface area contributed by atoms with E-state index in [1.807, 2.05) is 40.7 Å². The van der Waals surface area contributed by atoms with Crippen LogP contribution >= 0.6 is 0 Å².